The fourth-order valence-electron chi connectivity index (χ4n) is 3.20. The first kappa shape index (κ1) is 20.7. The van der Waals surface area contributed by atoms with Crippen molar-refractivity contribution in [2.75, 3.05) is 11.5 Å². The van der Waals surface area contributed by atoms with Crippen molar-refractivity contribution in [3.63, 3.8) is 0 Å². The second-order valence-corrected chi connectivity index (χ2v) is 7.33. The van der Waals surface area contributed by atoms with Crippen molar-refractivity contribution in [3.05, 3.63) is 97.1 Å². The number of nitrogens with zero attached hydrogens (tertiary/aromatic N) is 2. The molecule has 0 spiro atoms. The Morgan fingerprint density at radius 3 is 0.938 bits per heavy atom. The summed E-state index contributed by atoms with van der Waals surface area (Å²) in [6, 6.07) is 30.8. The maximum Gasteiger partial charge on any atom is 0.166 e. The van der Waals surface area contributed by atoms with Gasteiger partial charge in [0.2, 0.25) is 0 Å². The molecule has 0 aliphatic heterocycles. The quantitative estimate of drug-likeness (QED) is 0.213. The zero-order chi connectivity index (χ0) is 22.5. The smallest absolute Gasteiger partial charge is 0.166 e. The van der Waals surface area contributed by atoms with Gasteiger partial charge in [-0.15, -0.1) is 0 Å². The van der Waals surface area contributed by atoms with Crippen LogP contribution in [0.1, 0.15) is 0 Å². The molecular weight excluding hydrogens is 396 g/mol. The van der Waals surface area contributed by atoms with Crippen LogP contribution in [0.2, 0.25) is 0 Å². The lowest BCUT2D eigenvalue weighted by Crippen LogP contribution is -2.30. The molecule has 0 aromatic heterocycles. The maximum atomic E-state index is 6.07. The first-order chi connectivity index (χ1) is 15.5. The molecule has 8 N–H and O–H groups in total. The molecule has 0 aliphatic rings. The highest BCUT2D eigenvalue weighted by Gasteiger charge is 2.03. The number of hydrogen-bond donors (Lipinski definition) is 4. The van der Waals surface area contributed by atoms with Crippen molar-refractivity contribution in [2.24, 2.45) is 21.5 Å². The Balaban J connectivity index is 1.48. The standard InChI is InChI=1S/C26H24N6/c27-21-9-1-17(2-10-21)19-5-13-23(14-6-19)31-25(29)26(30)32-24-15-7-20(8-16-24)18-3-11-22(28)12-4-18/h1-16H,27-28H2,(H2,29,31)(H2,30,32). The molecule has 4 aromatic rings. The van der Waals surface area contributed by atoms with Gasteiger partial charge in [-0.2, -0.15) is 0 Å². The third-order valence-electron chi connectivity index (χ3n) is 4.98. The number of anilines is 2. The Bertz CT molecular complexity index is 1150. The lowest BCUT2D eigenvalue weighted by Gasteiger charge is -2.05. The van der Waals surface area contributed by atoms with Gasteiger partial charge in [0.1, 0.15) is 0 Å². The first-order valence-corrected chi connectivity index (χ1v) is 10.1. The summed E-state index contributed by atoms with van der Waals surface area (Å²) in [5, 5.41) is 0. The van der Waals surface area contributed by atoms with Crippen LogP contribution in [0.4, 0.5) is 22.7 Å². The summed E-state index contributed by atoms with van der Waals surface area (Å²) in [5.41, 5.74) is 30.8. The van der Waals surface area contributed by atoms with Crippen LogP contribution >= 0.6 is 0 Å². The highest BCUT2D eigenvalue weighted by molar-refractivity contribution is 6.40. The van der Waals surface area contributed by atoms with Crippen LogP contribution < -0.4 is 22.9 Å². The molecule has 0 radical (unpaired) electrons. The second kappa shape index (κ2) is 9.06. The third kappa shape index (κ3) is 4.94. The van der Waals surface area contributed by atoms with Crippen LogP contribution in [-0.4, -0.2) is 11.7 Å². The van der Waals surface area contributed by atoms with Gasteiger partial charge < -0.3 is 22.9 Å². The van der Waals surface area contributed by atoms with Crippen molar-refractivity contribution in [1.82, 2.24) is 0 Å². The summed E-state index contributed by atoms with van der Waals surface area (Å²) in [5.74, 6) is 0.320. The molecule has 0 saturated heterocycles. The average Bonchev–Trinajstić information content (AvgIpc) is 2.81. The van der Waals surface area contributed by atoms with Crippen molar-refractivity contribution in [2.45, 2.75) is 0 Å². The lowest BCUT2D eigenvalue weighted by molar-refractivity contribution is 1.44. The largest absolute Gasteiger partial charge is 0.399 e. The van der Waals surface area contributed by atoms with Gasteiger partial charge in [-0.3, -0.25) is 0 Å². The molecule has 0 bridgehead atoms. The number of rotatable bonds is 4. The predicted octanol–water partition coefficient (Wildman–Crippen LogP) is 4.86. The first-order valence-electron chi connectivity index (χ1n) is 10.1. The van der Waals surface area contributed by atoms with Crippen LogP contribution in [0, 0.1) is 0 Å². The molecule has 0 unspecified atom stereocenters. The molecule has 0 heterocycles. The van der Waals surface area contributed by atoms with E-state index in [0.29, 0.717) is 11.4 Å². The molecule has 6 heteroatoms. The highest BCUT2D eigenvalue weighted by atomic mass is 15.0. The number of nitrogen functional groups attached to an aromatic ring is 2. The minimum atomic E-state index is 0.160. The van der Waals surface area contributed by atoms with Crippen LogP contribution in [0.15, 0.2) is 107 Å². The van der Waals surface area contributed by atoms with Gasteiger partial charge in [-0.1, -0.05) is 48.5 Å². The zero-order valence-electron chi connectivity index (χ0n) is 17.4. The molecule has 32 heavy (non-hydrogen) atoms. The number of aliphatic imine (C=N–C) groups is 2. The molecule has 0 amide bonds. The molecule has 0 atom stereocenters. The third-order valence-corrected chi connectivity index (χ3v) is 4.98. The summed E-state index contributed by atoms with van der Waals surface area (Å²) in [6.45, 7) is 0. The molecule has 158 valence electrons. The Labute approximate surface area is 186 Å². The molecule has 0 saturated carbocycles. The average molecular weight is 421 g/mol. The van der Waals surface area contributed by atoms with E-state index in [-0.39, 0.29) is 11.7 Å². The lowest BCUT2D eigenvalue weighted by atomic mass is 10.1. The van der Waals surface area contributed by atoms with Crippen LogP contribution in [0.3, 0.4) is 0 Å². The Kier molecular flexibility index (Phi) is 5.85. The summed E-state index contributed by atoms with van der Waals surface area (Å²) < 4.78 is 0. The molecule has 4 rings (SSSR count). The summed E-state index contributed by atoms with van der Waals surface area (Å²) >= 11 is 0. The molecule has 0 aliphatic carbocycles. The van der Waals surface area contributed by atoms with Crippen molar-refractivity contribution in [3.8, 4) is 22.3 Å². The summed E-state index contributed by atoms with van der Waals surface area (Å²) in [7, 11) is 0. The van der Waals surface area contributed by atoms with Gasteiger partial charge in [0.05, 0.1) is 11.4 Å². The SMILES string of the molecule is NC(=Nc1ccc(-c2ccc(N)cc2)cc1)C(N)=Nc1ccc(-c2ccc(N)cc2)cc1. The highest BCUT2D eigenvalue weighted by Crippen LogP contribution is 2.25. The summed E-state index contributed by atoms with van der Waals surface area (Å²) in [4.78, 5) is 8.77. The van der Waals surface area contributed by atoms with E-state index >= 15 is 0 Å². The van der Waals surface area contributed by atoms with E-state index in [1.165, 1.54) is 0 Å². The van der Waals surface area contributed by atoms with Crippen LogP contribution in [-0.2, 0) is 0 Å². The van der Waals surface area contributed by atoms with E-state index in [1.807, 2.05) is 97.1 Å². The van der Waals surface area contributed by atoms with Crippen LogP contribution in [0.25, 0.3) is 22.3 Å². The van der Waals surface area contributed by atoms with E-state index in [1.54, 1.807) is 0 Å². The van der Waals surface area contributed by atoms with E-state index in [2.05, 4.69) is 9.98 Å². The molecular formula is C26H24N6. The van der Waals surface area contributed by atoms with Crippen molar-refractivity contribution >= 4 is 34.4 Å². The van der Waals surface area contributed by atoms with E-state index < -0.39 is 0 Å². The van der Waals surface area contributed by atoms with Gasteiger partial charge in [0, 0.05) is 11.4 Å². The minimum absolute atomic E-state index is 0.160. The normalized spacial score (nSPS) is 12.0. The van der Waals surface area contributed by atoms with Gasteiger partial charge in [0.25, 0.3) is 0 Å². The number of amidine groups is 2. The number of benzene rings is 4. The van der Waals surface area contributed by atoms with Crippen molar-refractivity contribution in [1.29, 1.82) is 0 Å². The zero-order valence-corrected chi connectivity index (χ0v) is 17.4. The topological polar surface area (TPSA) is 129 Å². The number of nitrogens with two attached hydrogens (primary N) is 4. The molecule has 0 fully saturated rings. The fraction of sp³-hybridized carbons (Fsp3) is 0. The molecule has 4 aromatic carbocycles. The fourth-order valence-corrected chi connectivity index (χ4v) is 3.20. The predicted molar refractivity (Wildman–Crippen MR) is 135 cm³/mol. The van der Waals surface area contributed by atoms with Crippen LogP contribution in [0.5, 0.6) is 0 Å². The monoisotopic (exact) mass is 420 g/mol. The Hall–Kier alpha value is -4.58. The van der Waals surface area contributed by atoms with Crippen molar-refractivity contribution < 1.29 is 0 Å². The maximum absolute atomic E-state index is 6.07. The van der Waals surface area contributed by atoms with Gasteiger partial charge in [0.15, 0.2) is 11.7 Å². The number of hydrogen-bond acceptors (Lipinski definition) is 4. The molecule has 6 nitrogen and oxygen atoms in total. The second-order valence-electron chi connectivity index (χ2n) is 7.33. The Morgan fingerprint density at radius 1 is 0.406 bits per heavy atom. The van der Waals surface area contributed by atoms with Gasteiger partial charge in [-0.05, 0) is 70.8 Å². The Morgan fingerprint density at radius 2 is 0.656 bits per heavy atom. The van der Waals surface area contributed by atoms with E-state index in [9.17, 15) is 0 Å². The summed E-state index contributed by atoms with van der Waals surface area (Å²) in [6.07, 6.45) is 0. The van der Waals surface area contributed by atoms with E-state index in [0.717, 1.165) is 33.6 Å². The van der Waals surface area contributed by atoms with Gasteiger partial charge in [-0.25, -0.2) is 9.98 Å². The minimum Gasteiger partial charge on any atom is -0.399 e. The van der Waals surface area contributed by atoms with Gasteiger partial charge >= 0.3 is 0 Å². The van der Waals surface area contributed by atoms with E-state index in [4.69, 9.17) is 22.9 Å².